The number of halogens is 1. The van der Waals surface area contributed by atoms with Crippen LogP contribution in [-0.4, -0.2) is 4.98 Å². The number of nitrogens with two attached hydrogens (primary N) is 1. The molecule has 0 bridgehead atoms. The van der Waals surface area contributed by atoms with Gasteiger partial charge < -0.3 is 5.73 Å². The number of rotatable bonds is 1. The van der Waals surface area contributed by atoms with Crippen LogP contribution in [0.25, 0.3) is 10.6 Å². The lowest BCUT2D eigenvalue weighted by atomic mass is 9.99. The first-order valence-electron chi connectivity index (χ1n) is 6.58. The zero-order valence-electron chi connectivity index (χ0n) is 11.2. The largest absolute Gasteiger partial charge is 0.323 e. The van der Waals surface area contributed by atoms with E-state index in [2.05, 4.69) is 41.9 Å². The predicted octanol–water partition coefficient (Wildman–Crippen LogP) is 4.53. The Morgan fingerprint density at radius 2 is 2.00 bits per heavy atom. The van der Waals surface area contributed by atoms with Crippen molar-refractivity contribution in [2.24, 2.45) is 5.73 Å². The van der Waals surface area contributed by atoms with Gasteiger partial charge in [0, 0.05) is 21.0 Å². The molecule has 1 aliphatic rings. The fraction of sp³-hybridized carbons (Fsp3) is 0.400. The van der Waals surface area contributed by atoms with Gasteiger partial charge in [0.05, 0.1) is 5.69 Å². The van der Waals surface area contributed by atoms with Crippen LogP contribution in [0.5, 0.6) is 0 Å². The lowest BCUT2D eigenvalue weighted by Crippen LogP contribution is -2.15. The van der Waals surface area contributed by atoms with Crippen molar-refractivity contribution >= 4 is 27.3 Å². The van der Waals surface area contributed by atoms with Crippen LogP contribution in [0.15, 0.2) is 16.6 Å². The number of hydrogen-bond donors (Lipinski definition) is 1. The van der Waals surface area contributed by atoms with Crippen molar-refractivity contribution < 1.29 is 0 Å². The third kappa shape index (κ3) is 2.37. The van der Waals surface area contributed by atoms with Crippen molar-refractivity contribution in [3.05, 3.63) is 38.3 Å². The summed E-state index contributed by atoms with van der Waals surface area (Å²) in [4.78, 5) is 6.10. The first-order valence-corrected chi connectivity index (χ1v) is 8.19. The SMILES string of the molecule is Cc1cc(-c2nc3c(s2)C(N)CCC3)cc(C)c1Br. The molecule has 0 saturated carbocycles. The van der Waals surface area contributed by atoms with Gasteiger partial charge in [0.25, 0.3) is 0 Å². The number of aromatic nitrogens is 1. The Bertz CT molecular complexity index is 610. The third-order valence-corrected chi connectivity index (χ3v) is 6.21. The minimum Gasteiger partial charge on any atom is -0.323 e. The van der Waals surface area contributed by atoms with Crippen LogP contribution >= 0.6 is 27.3 Å². The molecule has 0 spiro atoms. The van der Waals surface area contributed by atoms with Crippen LogP contribution in [0.4, 0.5) is 0 Å². The molecule has 2 aromatic rings. The van der Waals surface area contributed by atoms with E-state index in [9.17, 15) is 0 Å². The van der Waals surface area contributed by atoms with Crippen molar-refractivity contribution in [1.29, 1.82) is 0 Å². The first kappa shape index (κ1) is 13.3. The number of nitrogens with zero attached hydrogens (tertiary/aromatic N) is 1. The predicted molar refractivity (Wildman–Crippen MR) is 84.6 cm³/mol. The van der Waals surface area contributed by atoms with Crippen molar-refractivity contribution in [3.8, 4) is 10.6 Å². The molecule has 2 N–H and O–H groups in total. The van der Waals surface area contributed by atoms with E-state index in [1.807, 2.05) is 0 Å². The number of hydrogen-bond acceptors (Lipinski definition) is 3. The molecule has 1 atom stereocenters. The molecule has 1 heterocycles. The van der Waals surface area contributed by atoms with Crippen LogP contribution in [0.3, 0.4) is 0 Å². The van der Waals surface area contributed by atoms with E-state index in [1.54, 1.807) is 11.3 Å². The third-order valence-electron chi connectivity index (χ3n) is 3.68. The van der Waals surface area contributed by atoms with Gasteiger partial charge in [-0.15, -0.1) is 11.3 Å². The van der Waals surface area contributed by atoms with E-state index >= 15 is 0 Å². The minimum absolute atomic E-state index is 0.188. The van der Waals surface area contributed by atoms with Gasteiger partial charge in [0.15, 0.2) is 0 Å². The molecular formula is C15H17BrN2S. The molecule has 0 radical (unpaired) electrons. The van der Waals surface area contributed by atoms with Gasteiger partial charge in [-0.1, -0.05) is 15.9 Å². The zero-order valence-corrected chi connectivity index (χ0v) is 13.6. The van der Waals surface area contributed by atoms with Crippen molar-refractivity contribution in [1.82, 2.24) is 4.98 Å². The van der Waals surface area contributed by atoms with E-state index in [1.165, 1.54) is 31.7 Å². The summed E-state index contributed by atoms with van der Waals surface area (Å²) < 4.78 is 1.19. The Morgan fingerprint density at radius 1 is 1.32 bits per heavy atom. The quantitative estimate of drug-likeness (QED) is 0.831. The van der Waals surface area contributed by atoms with Gasteiger partial charge >= 0.3 is 0 Å². The second-order valence-electron chi connectivity index (χ2n) is 5.25. The van der Waals surface area contributed by atoms with Crippen LogP contribution in [0.1, 0.15) is 40.6 Å². The van der Waals surface area contributed by atoms with Crippen LogP contribution in [0.2, 0.25) is 0 Å². The number of aryl methyl sites for hydroxylation is 3. The summed E-state index contributed by atoms with van der Waals surface area (Å²) in [6, 6.07) is 4.59. The maximum atomic E-state index is 6.18. The minimum atomic E-state index is 0.188. The first-order chi connectivity index (χ1) is 9.06. The van der Waals surface area contributed by atoms with Crippen LogP contribution in [-0.2, 0) is 6.42 Å². The summed E-state index contributed by atoms with van der Waals surface area (Å²) in [5.74, 6) is 0. The molecule has 4 heteroatoms. The fourth-order valence-electron chi connectivity index (χ4n) is 2.65. The Kier molecular flexibility index (Phi) is 3.50. The summed E-state index contributed by atoms with van der Waals surface area (Å²) in [5, 5.41) is 1.11. The summed E-state index contributed by atoms with van der Waals surface area (Å²) in [7, 11) is 0. The van der Waals surface area contributed by atoms with Gasteiger partial charge in [-0.2, -0.15) is 0 Å². The fourth-order valence-corrected chi connectivity index (χ4v) is 4.01. The summed E-state index contributed by atoms with van der Waals surface area (Å²) in [6.45, 7) is 4.25. The second-order valence-corrected chi connectivity index (χ2v) is 7.08. The molecule has 0 amide bonds. The Morgan fingerprint density at radius 3 is 2.63 bits per heavy atom. The molecule has 100 valence electrons. The summed E-state index contributed by atoms with van der Waals surface area (Å²) in [5.41, 5.74) is 11.1. The van der Waals surface area contributed by atoms with E-state index in [4.69, 9.17) is 10.7 Å². The second kappa shape index (κ2) is 5.00. The Balaban J connectivity index is 2.08. The highest BCUT2D eigenvalue weighted by atomic mass is 79.9. The van der Waals surface area contributed by atoms with Crippen molar-refractivity contribution in [2.45, 2.75) is 39.2 Å². The highest BCUT2D eigenvalue weighted by Crippen LogP contribution is 2.38. The maximum Gasteiger partial charge on any atom is 0.123 e. The standard InChI is InChI=1S/C15H17BrN2S/c1-8-6-10(7-9(2)13(8)16)15-18-12-5-3-4-11(17)14(12)19-15/h6-7,11H,3-5,17H2,1-2H3. The van der Waals surface area contributed by atoms with Gasteiger partial charge in [-0.05, 0) is 56.4 Å². The van der Waals surface area contributed by atoms with Crippen molar-refractivity contribution in [2.75, 3.05) is 0 Å². The normalized spacial score (nSPS) is 18.4. The van der Waals surface area contributed by atoms with E-state index in [-0.39, 0.29) is 6.04 Å². The topological polar surface area (TPSA) is 38.9 Å². The molecule has 1 aliphatic carbocycles. The summed E-state index contributed by atoms with van der Waals surface area (Å²) in [6.07, 6.45) is 3.33. The van der Waals surface area contributed by atoms with E-state index in [0.29, 0.717) is 0 Å². The molecule has 0 aliphatic heterocycles. The average molecular weight is 337 g/mol. The maximum absolute atomic E-state index is 6.18. The lowest BCUT2D eigenvalue weighted by molar-refractivity contribution is 0.573. The Labute approximate surface area is 126 Å². The van der Waals surface area contributed by atoms with Crippen LogP contribution < -0.4 is 5.73 Å². The molecule has 0 fully saturated rings. The summed E-state index contributed by atoms with van der Waals surface area (Å²) >= 11 is 5.38. The van der Waals surface area contributed by atoms with Gasteiger partial charge in [0.1, 0.15) is 5.01 Å². The highest BCUT2D eigenvalue weighted by molar-refractivity contribution is 9.10. The average Bonchev–Trinajstić information content (AvgIpc) is 2.81. The van der Waals surface area contributed by atoms with Gasteiger partial charge in [-0.3, -0.25) is 0 Å². The number of fused-ring (bicyclic) bond motifs is 1. The van der Waals surface area contributed by atoms with E-state index in [0.717, 1.165) is 24.3 Å². The van der Waals surface area contributed by atoms with Crippen molar-refractivity contribution in [3.63, 3.8) is 0 Å². The zero-order chi connectivity index (χ0) is 13.6. The lowest BCUT2D eigenvalue weighted by Gasteiger charge is -2.15. The molecule has 3 rings (SSSR count). The molecule has 1 aromatic heterocycles. The van der Waals surface area contributed by atoms with Gasteiger partial charge in [-0.25, -0.2) is 4.98 Å². The highest BCUT2D eigenvalue weighted by Gasteiger charge is 2.22. The molecule has 19 heavy (non-hydrogen) atoms. The Hall–Kier alpha value is -0.710. The number of benzene rings is 1. The van der Waals surface area contributed by atoms with Crippen LogP contribution in [0, 0.1) is 13.8 Å². The molecular weight excluding hydrogens is 320 g/mol. The van der Waals surface area contributed by atoms with E-state index < -0.39 is 0 Å². The smallest absolute Gasteiger partial charge is 0.123 e. The molecule has 2 nitrogen and oxygen atoms in total. The number of thiazole rings is 1. The monoisotopic (exact) mass is 336 g/mol. The molecule has 1 unspecified atom stereocenters. The van der Waals surface area contributed by atoms with Gasteiger partial charge in [0.2, 0.25) is 0 Å². The molecule has 1 aromatic carbocycles. The molecule has 0 saturated heterocycles.